The summed E-state index contributed by atoms with van der Waals surface area (Å²) in [4.78, 5) is 12.9. The van der Waals surface area contributed by atoms with Crippen molar-refractivity contribution in [3.05, 3.63) is 11.1 Å². The van der Waals surface area contributed by atoms with E-state index >= 15 is 0 Å². The van der Waals surface area contributed by atoms with Gasteiger partial charge in [0.05, 0.1) is 12.2 Å². The van der Waals surface area contributed by atoms with Crippen molar-refractivity contribution in [3.8, 4) is 0 Å². The van der Waals surface area contributed by atoms with Crippen LogP contribution in [0.15, 0.2) is 11.1 Å². The maximum Gasteiger partial charge on any atom is 0.190 e. The molecular weight excluding hydrogens is 292 g/mol. The minimum absolute atomic E-state index is 0.140. The number of hydrogen-bond donors (Lipinski definition) is 0. The Kier molecular flexibility index (Phi) is 3.53. The second-order valence-corrected chi connectivity index (χ2v) is 8.36. The van der Waals surface area contributed by atoms with E-state index in [1.165, 1.54) is 0 Å². The molecule has 4 aliphatic heterocycles. The van der Waals surface area contributed by atoms with Crippen molar-refractivity contribution in [1.29, 1.82) is 0 Å². The Morgan fingerprint density at radius 2 is 1.87 bits per heavy atom. The van der Waals surface area contributed by atoms with E-state index in [-0.39, 0.29) is 35.5 Å². The van der Waals surface area contributed by atoms with Gasteiger partial charge in [-0.1, -0.05) is 12.5 Å². The molecule has 4 nitrogen and oxygen atoms in total. The van der Waals surface area contributed by atoms with Gasteiger partial charge in [-0.15, -0.1) is 0 Å². The molecule has 1 spiro atoms. The summed E-state index contributed by atoms with van der Waals surface area (Å²) in [6.45, 7) is 8.36. The van der Waals surface area contributed by atoms with Crippen LogP contribution in [0.5, 0.6) is 0 Å². The molecule has 0 amide bonds. The lowest BCUT2D eigenvalue weighted by atomic mass is 9.88. The second-order valence-electron chi connectivity index (χ2n) is 8.36. The average Bonchev–Trinajstić information content (AvgIpc) is 2.82. The minimum Gasteiger partial charge on any atom is -0.358 e. The van der Waals surface area contributed by atoms with Gasteiger partial charge in [0.2, 0.25) is 0 Å². The van der Waals surface area contributed by atoms with Crippen molar-refractivity contribution in [2.24, 2.45) is 5.92 Å². The molecular formula is C19H28O4. The van der Waals surface area contributed by atoms with Gasteiger partial charge in [-0.3, -0.25) is 4.79 Å². The van der Waals surface area contributed by atoms with Gasteiger partial charge < -0.3 is 14.2 Å². The fourth-order valence-corrected chi connectivity index (χ4v) is 4.82. The number of ketones is 1. The van der Waals surface area contributed by atoms with Crippen LogP contribution < -0.4 is 0 Å². The Bertz CT molecular complexity index is 564. The first kappa shape index (κ1) is 15.8. The quantitative estimate of drug-likeness (QED) is 0.506. The van der Waals surface area contributed by atoms with Gasteiger partial charge in [-0.2, -0.15) is 0 Å². The first-order chi connectivity index (χ1) is 10.8. The van der Waals surface area contributed by atoms with E-state index in [2.05, 4.69) is 13.8 Å². The van der Waals surface area contributed by atoms with Gasteiger partial charge >= 0.3 is 0 Å². The summed E-state index contributed by atoms with van der Waals surface area (Å²) in [7, 11) is 0. The van der Waals surface area contributed by atoms with Crippen molar-refractivity contribution in [3.63, 3.8) is 0 Å². The molecule has 0 aromatic carbocycles. The third-order valence-corrected chi connectivity index (χ3v) is 6.29. The van der Waals surface area contributed by atoms with Crippen LogP contribution in [0, 0.1) is 5.92 Å². The standard InChI is InChI=1S/C19H28O4/c1-11(2)15-6-5-13-7-8-19(21-13)12(3)9-14(22-19)10-18(4)17(23-18)16(15)20/h12-14,17H,5-10H2,1-4H3/t12-,13+,14-,17-,18-,19+/m0/s1. The first-order valence-electron chi connectivity index (χ1n) is 9.07. The molecule has 23 heavy (non-hydrogen) atoms. The number of fused-ring (bicyclic) bond motifs is 3. The van der Waals surface area contributed by atoms with E-state index in [1.54, 1.807) is 0 Å². The molecule has 0 N–H and O–H groups in total. The third-order valence-electron chi connectivity index (χ3n) is 6.29. The van der Waals surface area contributed by atoms with Crippen LogP contribution >= 0.6 is 0 Å². The number of carbonyl (C=O) groups is 1. The van der Waals surface area contributed by atoms with Crippen LogP contribution in [0.4, 0.5) is 0 Å². The molecule has 0 saturated carbocycles. The molecule has 4 rings (SSSR count). The predicted molar refractivity (Wildman–Crippen MR) is 86.0 cm³/mol. The lowest BCUT2D eigenvalue weighted by molar-refractivity contribution is -0.234. The smallest absolute Gasteiger partial charge is 0.190 e. The molecule has 4 fully saturated rings. The lowest BCUT2D eigenvalue weighted by Crippen LogP contribution is -2.35. The molecule has 6 atom stereocenters. The maximum absolute atomic E-state index is 12.9. The van der Waals surface area contributed by atoms with Crippen LogP contribution in [-0.4, -0.2) is 35.5 Å². The number of Topliss-reactive ketones (excluding diaryl/α,β-unsaturated/α-hetero) is 1. The molecule has 4 heteroatoms. The number of hydrogen-bond acceptors (Lipinski definition) is 4. The van der Waals surface area contributed by atoms with Crippen molar-refractivity contribution >= 4 is 5.78 Å². The van der Waals surface area contributed by atoms with Gasteiger partial charge in [0, 0.05) is 18.8 Å². The van der Waals surface area contributed by atoms with Crippen molar-refractivity contribution in [2.45, 2.75) is 95.9 Å². The van der Waals surface area contributed by atoms with E-state index in [9.17, 15) is 4.79 Å². The molecule has 3 bridgehead atoms. The molecule has 4 aliphatic rings. The maximum atomic E-state index is 12.9. The molecule has 0 unspecified atom stereocenters. The number of ether oxygens (including phenoxy) is 3. The van der Waals surface area contributed by atoms with Gasteiger partial charge in [-0.25, -0.2) is 0 Å². The number of carbonyl (C=O) groups excluding carboxylic acids is 1. The Hall–Kier alpha value is -0.710. The Balaban J connectivity index is 1.64. The average molecular weight is 320 g/mol. The number of allylic oxidation sites excluding steroid dienone is 1. The molecule has 4 saturated heterocycles. The second kappa shape index (κ2) is 5.14. The topological polar surface area (TPSA) is 48.1 Å². The van der Waals surface area contributed by atoms with Crippen LogP contribution in [0.3, 0.4) is 0 Å². The molecule has 4 heterocycles. The summed E-state index contributed by atoms with van der Waals surface area (Å²) < 4.78 is 18.6. The van der Waals surface area contributed by atoms with E-state index in [0.717, 1.165) is 49.7 Å². The van der Waals surface area contributed by atoms with Crippen LogP contribution in [0.1, 0.15) is 66.2 Å². The first-order valence-corrected chi connectivity index (χ1v) is 9.07. The fourth-order valence-electron chi connectivity index (χ4n) is 4.82. The summed E-state index contributed by atoms with van der Waals surface area (Å²) in [5.74, 6) is 0.214. The normalized spacial score (nSPS) is 49.4. The van der Waals surface area contributed by atoms with E-state index in [0.29, 0.717) is 5.92 Å². The van der Waals surface area contributed by atoms with Crippen LogP contribution in [0.2, 0.25) is 0 Å². The Labute approximate surface area is 138 Å². The highest BCUT2D eigenvalue weighted by molar-refractivity contribution is 6.01. The molecule has 0 aromatic rings. The van der Waals surface area contributed by atoms with E-state index in [4.69, 9.17) is 14.2 Å². The zero-order valence-corrected chi connectivity index (χ0v) is 14.7. The molecule has 128 valence electrons. The van der Waals surface area contributed by atoms with Crippen molar-refractivity contribution < 1.29 is 19.0 Å². The van der Waals surface area contributed by atoms with Gasteiger partial charge in [-0.05, 0) is 52.0 Å². The zero-order valence-electron chi connectivity index (χ0n) is 14.7. The van der Waals surface area contributed by atoms with Crippen molar-refractivity contribution in [1.82, 2.24) is 0 Å². The highest BCUT2D eigenvalue weighted by atomic mass is 16.7. The fraction of sp³-hybridized carbons (Fsp3) is 0.842. The summed E-state index contributed by atoms with van der Waals surface area (Å²) in [6, 6.07) is 0. The number of epoxide rings is 1. The SMILES string of the molecule is CC(C)=C1CC[C@@H]2CC[C@@]3(O2)O[C@@H](C[C@@H]3C)C[C@]2(C)O[C@H]2C1=O. The van der Waals surface area contributed by atoms with E-state index in [1.807, 2.05) is 13.8 Å². The van der Waals surface area contributed by atoms with Crippen LogP contribution in [-0.2, 0) is 19.0 Å². The summed E-state index contributed by atoms with van der Waals surface area (Å²) in [6.07, 6.45) is 5.58. The number of rotatable bonds is 0. The predicted octanol–water partition coefficient (Wildman–Crippen LogP) is 3.53. The zero-order chi connectivity index (χ0) is 16.4. The largest absolute Gasteiger partial charge is 0.358 e. The summed E-state index contributed by atoms with van der Waals surface area (Å²) in [5, 5.41) is 0. The van der Waals surface area contributed by atoms with Gasteiger partial charge in [0.25, 0.3) is 0 Å². The molecule has 0 aromatic heterocycles. The molecule has 0 radical (unpaired) electrons. The Morgan fingerprint density at radius 3 is 2.61 bits per heavy atom. The highest BCUT2D eigenvalue weighted by Crippen LogP contribution is 2.52. The van der Waals surface area contributed by atoms with E-state index < -0.39 is 0 Å². The van der Waals surface area contributed by atoms with Crippen LogP contribution in [0.25, 0.3) is 0 Å². The minimum atomic E-state index is -0.385. The molecule has 0 aliphatic carbocycles. The van der Waals surface area contributed by atoms with Gasteiger partial charge in [0.1, 0.15) is 11.7 Å². The monoisotopic (exact) mass is 320 g/mol. The Morgan fingerprint density at radius 1 is 1.13 bits per heavy atom. The highest BCUT2D eigenvalue weighted by Gasteiger charge is 2.61. The van der Waals surface area contributed by atoms with Gasteiger partial charge in [0.15, 0.2) is 11.6 Å². The van der Waals surface area contributed by atoms with Crippen molar-refractivity contribution in [2.75, 3.05) is 0 Å². The third kappa shape index (κ3) is 2.50. The summed E-state index contributed by atoms with van der Waals surface area (Å²) in [5.41, 5.74) is 1.71. The lowest BCUT2D eigenvalue weighted by Gasteiger charge is -2.29. The summed E-state index contributed by atoms with van der Waals surface area (Å²) >= 11 is 0.